The number of fused-ring (bicyclic) bond motifs is 1. The Labute approximate surface area is 150 Å². The zero-order valence-electron chi connectivity index (χ0n) is 15.8. The van der Waals surface area contributed by atoms with Crippen LogP contribution in [0.15, 0.2) is 24.5 Å². The fourth-order valence-corrected chi connectivity index (χ4v) is 4.78. The first-order chi connectivity index (χ1) is 11.9. The van der Waals surface area contributed by atoms with Gasteiger partial charge in [-0.25, -0.2) is 4.98 Å². The van der Waals surface area contributed by atoms with E-state index in [1.165, 1.54) is 50.7 Å². The van der Waals surface area contributed by atoms with Gasteiger partial charge >= 0.3 is 0 Å². The summed E-state index contributed by atoms with van der Waals surface area (Å²) in [6.07, 6.45) is 8.63. The topological polar surface area (TPSA) is 41.3 Å². The van der Waals surface area contributed by atoms with Crippen molar-refractivity contribution in [1.29, 1.82) is 0 Å². The van der Waals surface area contributed by atoms with Crippen molar-refractivity contribution < 1.29 is 5.11 Å². The van der Waals surface area contributed by atoms with Crippen LogP contribution in [0.1, 0.15) is 64.5 Å². The molecule has 3 atom stereocenters. The third-order valence-corrected chi connectivity index (χ3v) is 6.42. The number of aliphatic hydroxyl groups is 1. The van der Waals surface area contributed by atoms with Gasteiger partial charge in [0.15, 0.2) is 0 Å². The van der Waals surface area contributed by atoms with Gasteiger partial charge in [0.25, 0.3) is 0 Å². The number of hydrogen-bond acceptors (Lipinski definition) is 3. The average molecular weight is 341 g/mol. The zero-order valence-corrected chi connectivity index (χ0v) is 15.8. The van der Waals surface area contributed by atoms with Crippen LogP contribution in [0.3, 0.4) is 0 Å². The highest BCUT2D eigenvalue weighted by Gasteiger charge is 2.33. The Balaban J connectivity index is 1.63. The van der Waals surface area contributed by atoms with Crippen molar-refractivity contribution in [2.24, 2.45) is 5.92 Å². The van der Waals surface area contributed by atoms with E-state index in [-0.39, 0.29) is 0 Å². The quantitative estimate of drug-likeness (QED) is 0.914. The Morgan fingerprint density at radius 3 is 2.64 bits per heavy atom. The van der Waals surface area contributed by atoms with E-state index >= 15 is 0 Å². The maximum absolute atomic E-state index is 10.3. The molecule has 136 valence electrons. The fraction of sp³-hybridized carbons (Fsp3) is 0.667. The fourth-order valence-electron chi connectivity index (χ4n) is 4.78. The van der Waals surface area contributed by atoms with E-state index in [2.05, 4.69) is 27.4 Å². The van der Waals surface area contributed by atoms with Gasteiger partial charge in [0.2, 0.25) is 0 Å². The molecule has 25 heavy (non-hydrogen) atoms. The lowest BCUT2D eigenvalue weighted by Crippen LogP contribution is -2.39. The molecule has 4 rings (SSSR count). The van der Waals surface area contributed by atoms with Crippen LogP contribution in [0.5, 0.6) is 0 Å². The van der Waals surface area contributed by atoms with Crippen LogP contribution < -0.4 is 0 Å². The van der Waals surface area contributed by atoms with E-state index in [0.29, 0.717) is 12.0 Å². The van der Waals surface area contributed by atoms with Crippen molar-refractivity contribution in [3.8, 4) is 0 Å². The molecule has 2 aromatic rings. The molecule has 1 saturated carbocycles. The lowest BCUT2D eigenvalue weighted by atomic mass is 9.82. The number of nitrogens with zero attached hydrogens (tertiary/aromatic N) is 3. The minimum atomic E-state index is -0.822. The summed E-state index contributed by atoms with van der Waals surface area (Å²) in [5, 5.41) is 10.3. The maximum atomic E-state index is 10.3. The predicted octanol–water partition coefficient (Wildman–Crippen LogP) is 4.09. The van der Waals surface area contributed by atoms with E-state index in [0.717, 1.165) is 17.1 Å². The molecule has 2 heterocycles. The van der Waals surface area contributed by atoms with Gasteiger partial charge in [0.1, 0.15) is 0 Å². The molecule has 2 fully saturated rings. The van der Waals surface area contributed by atoms with E-state index < -0.39 is 5.60 Å². The molecule has 1 N–H and O–H groups in total. The van der Waals surface area contributed by atoms with Crippen LogP contribution in [0.2, 0.25) is 0 Å². The second kappa shape index (κ2) is 6.40. The highest BCUT2D eigenvalue weighted by molar-refractivity contribution is 5.76. The number of hydrogen-bond donors (Lipinski definition) is 1. The van der Waals surface area contributed by atoms with Crippen LogP contribution in [-0.2, 0) is 5.60 Å². The Bertz CT molecular complexity index is 739. The molecule has 1 aliphatic heterocycles. The number of imidazole rings is 1. The number of benzene rings is 1. The Hall–Kier alpha value is -1.39. The minimum Gasteiger partial charge on any atom is -0.386 e. The second-order valence-corrected chi connectivity index (χ2v) is 8.67. The molecular formula is C21H31N3O. The highest BCUT2D eigenvalue weighted by atomic mass is 16.3. The molecule has 0 amide bonds. The van der Waals surface area contributed by atoms with Gasteiger partial charge in [0, 0.05) is 12.1 Å². The summed E-state index contributed by atoms with van der Waals surface area (Å²) < 4.78 is 2.40. The predicted molar refractivity (Wildman–Crippen MR) is 102 cm³/mol. The normalized spacial score (nSPS) is 28.7. The molecule has 0 spiro atoms. The molecule has 4 nitrogen and oxygen atoms in total. The largest absolute Gasteiger partial charge is 0.386 e. The standard InChI is InChI=1S/C21H31N3O/c1-15-6-8-17(23-10-4-5-11-23)13-20(15)24-14-22-18-12-16(21(2,3)25)7-9-19(18)24/h7,9,12,14-15,17,20,25H,4-6,8,10-11,13H2,1-3H3. The third kappa shape index (κ3) is 3.22. The van der Waals surface area contributed by atoms with Crippen LogP contribution in [0.25, 0.3) is 11.0 Å². The lowest BCUT2D eigenvalue weighted by Gasteiger charge is -2.39. The van der Waals surface area contributed by atoms with Crippen LogP contribution in [-0.4, -0.2) is 38.7 Å². The zero-order chi connectivity index (χ0) is 17.6. The van der Waals surface area contributed by atoms with Crippen molar-refractivity contribution in [3.05, 3.63) is 30.1 Å². The third-order valence-electron chi connectivity index (χ3n) is 6.42. The molecule has 2 aliphatic rings. The van der Waals surface area contributed by atoms with Crippen LogP contribution in [0.4, 0.5) is 0 Å². The summed E-state index contributed by atoms with van der Waals surface area (Å²) in [5.74, 6) is 0.685. The molecule has 1 aliphatic carbocycles. The molecule has 0 bridgehead atoms. The van der Waals surface area contributed by atoms with Crippen molar-refractivity contribution in [3.63, 3.8) is 0 Å². The SMILES string of the molecule is CC1CCC(N2CCCC2)CC1n1cnc2cc(C(C)(C)O)ccc21. The van der Waals surface area contributed by atoms with Gasteiger partial charge in [-0.3, -0.25) is 0 Å². The van der Waals surface area contributed by atoms with E-state index in [1.54, 1.807) is 0 Å². The van der Waals surface area contributed by atoms with Crippen LogP contribution in [0, 0.1) is 5.92 Å². The molecule has 1 saturated heterocycles. The van der Waals surface area contributed by atoms with Gasteiger partial charge in [-0.2, -0.15) is 0 Å². The molecular weight excluding hydrogens is 310 g/mol. The second-order valence-electron chi connectivity index (χ2n) is 8.67. The maximum Gasteiger partial charge on any atom is 0.0961 e. The summed E-state index contributed by atoms with van der Waals surface area (Å²) in [5.41, 5.74) is 2.30. The van der Waals surface area contributed by atoms with Crippen molar-refractivity contribution in [2.75, 3.05) is 13.1 Å². The Morgan fingerprint density at radius 1 is 1.16 bits per heavy atom. The summed E-state index contributed by atoms with van der Waals surface area (Å²) in [4.78, 5) is 7.38. The Kier molecular flexibility index (Phi) is 4.37. The minimum absolute atomic E-state index is 0.525. The highest BCUT2D eigenvalue weighted by Crippen LogP contribution is 2.38. The van der Waals surface area contributed by atoms with Crippen molar-refractivity contribution in [2.45, 2.75) is 70.6 Å². The average Bonchev–Trinajstić information content (AvgIpc) is 3.23. The van der Waals surface area contributed by atoms with Crippen molar-refractivity contribution in [1.82, 2.24) is 14.5 Å². The van der Waals surface area contributed by atoms with Gasteiger partial charge in [-0.15, -0.1) is 0 Å². The molecule has 0 radical (unpaired) electrons. The van der Waals surface area contributed by atoms with Gasteiger partial charge in [0.05, 0.1) is 23.0 Å². The smallest absolute Gasteiger partial charge is 0.0961 e. The first-order valence-corrected chi connectivity index (χ1v) is 9.87. The van der Waals surface area contributed by atoms with E-state index in [1.807, 2.05) is 32.3 Å². The molecule has 4 heteroatoms. The number of likely N-dealkylation sites (tertiary alicyclic amines) is 1. The van der Waals surface area contributed by atoms with Crippen LogP contribution >= 0.6 is 0 Å². The number of aromatic nitrogens is 2. The van der Waals surface area contributed by atoms with E-state index in [4.69, 9.17) is 0 Å². The van der Waals surface area contributed by atoms with Crippen molar-refractivity contribution >= 4 is 11.0 Å². The molecule has 3 unspecified atom stereocenters. The van der Waals surface area contributed by atoms with E-state index in [9.17, 15) is 5.11 Å². The summed E-state index contributed by atoms with van der Waals surface area (Å²) in [7, 11) is 0. The molecule has 1 aromatic carbocycles. The number of rotatable bonds is 3. The molecule has 1 aromatic heterocycles. The monoisotopic (exact) mass is 341 g/mol. The van der Waals surface area contributed by atoms with Gasteiger partial charge < -0.3 is 14.6 Å². The lowest BCUT2D eigenvalue weighted by molar-refractivity contribution is 0.0787. The first kappa shape index (κ1) is 17.0. The first-order valence-electron chi connectivity index (χ1n) is 9.87. The Morgan fingerprint density at radius 2 is 1.92 bits per heavy atom. The van der Waals surface area contributed by atoms with Gasteiger partial charge in [-0.05, 0) is 82.7 Å². The summed E-state index contributed by atoms with van der Waals surface area (Å²) >= 11 is 0. The summed E-state index contributed by atoms with van der Waals surface area (Å²) in [6.45, 7) is 8.61. The van der Waals surface area contributed by atoms with Gasteiger partial charge in [-0.1, -0.05) is 13.0 Å². The summed E-state index contributed by atoms with van der Waals surface area (Å²) in [6, 6.07) is 7.49.